The van der Waals surface area contributed by atoms with Gasteiger partial charge in [-0.25, -0.2) is 9.97 Å². The number of aryl methyl sites for hydroxylation is 2. The summed E-state index contributed by atoms with van der Waals surface area (Å²) in [5, 5.41) is 2.78. The molecule has 0 saturated carbocycles. The Hall–Kier alpha value is -2.83. The first-order chi connectivity index (χ1) is 11.0. The maximum absolute atomic E-state index is 12.4. The number of carbonyl (C=O) groups is 1. The lowest BCUT2D eigenvalue weighted by Gasteiger charge is -2.15. The maximum Gasteiger partial charge on any atom is 0.259 e. The van der Waals surface area contributed by atoms with E-state index in [2.05, 4.69) is 15.3 Å². The van der Waals surface area contributed by atoms with Crippen LogP contribution in [0.3, 0.4) is 0 Å². The summed E-state index contributed by atoms with van der Waals surface area (Å²) in [6, 6.07) is 3.31. The summed E-state index contributed by atoms with van der Waals surface area (Å²) in [7, 11) is 4.55. The zero-order valence-corrected chi connectivity index (χ0v) is 13.8. The SMILES string of the molecule is COc1cc(NC(=O)c2cnc(C)nc2C)cc(OC)c1OC. The molecule has 122 valence electrons. The number of nitrogens with one attached hydrogen (secondary N) is 1. The number of hydrogen-bond donors (Lipinski definition) is 1. The second kappa shape index (κ2) is 6.95. The van der Waals surface area contributed by atoms with E-state index in [1.165, 1.54) is 27.5 Å². The minimum absolute atomic E-state index is 0.309. The quantitative estimate of drug-likeness (QED) is 0.911. The van der Waals surface area contributed by atoms with E-state index in [0.717, 1.165) is 0 Å². The van der Waals surface area contributed by atoms with E-state index in [0.29, 0.717) is 40.0 Å². The maximum atomic E-state index is 12.4. The predicted octanol–water partition coefficient (Wildman–Crippen LogP) is 2.37. The van der Waals surface area contributed by atoms with Gasteiger partial charge in [0.05, 0.1) is 32.6 Å². The predicted molar refractivity (Wildman–Crippen MR) is 85.6 cm³/mol. The number of methoxy groups -OCH3 is 3. The Labute approximate surface area is 134 Å². The largest absolute Gasteiger partial charge is 0.493 e. The van der Waals surface area contributed by atoms with Crippen LogP contribution in [0.15, 0.2) is 18.3 Å². The fourth-order valence-corrected chi connectivity index (χ4v) is 2.16. The first-order valence-electron chi connectivity index (χ1n) is 6.91. The van der Waals surface area contributed by atoms with Crippen molar-refractivity contribution in [2.45, 2.75) is 13.8 Å². The molecule has 0 spiro atoms. The molecule has 7 heteroatoms. The molecule has 23 heavy (non-hydrogen) atoms. The van der Waals surface area contributed by atoms with Crippen LogP contribution in [0.2, 0.25) is 0 Å². The van der Waals surface area contributed by atoms with E-state index >= 15 is 0 Å². The molecule has 0 fully saturated rings. The van der Waals surface area contributed by atoms with E-state index in [-0.39, 0.29) is 5.91 Å². The number of anilines is 1. The Kier molecular flexibility index (Phi) is 5.00. The molecule has 1 N–H and O–H groups in total. The summed E-state index contributed by atoms with van der Waals surface area (Å²) in [5.74, 6) is 1.68. The van der Waals surface area contributed by atoms with Gasteiger partial charge in [-0.15, -0.1) is 0 Å². The van der Waals surface area contributed by atoms with E-state index in [4.69, 9.17) is 14.2 Å². The topological polar surface area (TPSA) is 82.6 Å². The van der Waals surface area contributed by atoms with Gasteiger partial charge in [0.2, 0.25) is 5.75 Å². The lowest BCUT2D eigenvalue weighted by Crippen LogP contribution is -2.15. The molecule has 0 bridgehead atoms. The van der Waals surface area contributed by atoms with Gasteiger partial charge in [0.15, 0.2) is 11.5 Å². The van der Waals surface area contributed by atoms with Gasteiger partial charge in [0.1, 0.15) is 5.82 Å². The van der Waals surface area contributed by atoms with Crippen LogP contribution < -0.4 is 19.5 Å². The summed E-state index contributed by atoms with van der Waals surface area (Å²) >= 11 is 0. The highest BCUT2D eigenvalue weighted by Gasteiger charge is 2.16. The minimum atomic E-state index is -0.309. The van der Waals surface area contributed by atoms with Crippen molar-refractivity contribution in [3.8, 4) is 17.2 Å². The van der Waals surface area contributed by atoms with Crippen LogP contribution in [-0.4, -0.2) is 37.2 Å². The summed E-state index contributed by atoms with van der Waals surface area (Å²) in [6.45, 7) is 3.53. The Morgan fingerprint density at radius 1 is 1.04 bits per heavy atom. The normalized spacial score (nSPS) is 10.1. The van der Waals surface area contributed by atoms with Crippen molar-refractivity contribution in [3.05, 3.63) is 35.4 Å². The molecule has 0 unspecified atom stereocenters. The van der Waals surface area contributed by atoms with Crippen molar-refractivity contribution in [1.29, 1.82) is 0 Å². The van der Waals surface area contributed by atoms with Gasteiger partial charge >= 0.3 is 0 Å². The molecule has 2 rings (SSSR count). The lowest BCUT2D eigenvalue weighted by molar-refractivity contribution is 0.102. The van der Waals surface area contributed by atoms with Crippen LogP contribution in [-0.2, 0) is 0 Å². The smallest absolute Gasteiger partial charge is 0.259 e. The average Bonchev–Trinajstić information content (AvgIpc) is 2.53. The van der Waals surface area contributed by atoms with Crippen molar-refractivity contribution in [2.24, 2.45) is 0 Å². The Balaban J connectivity index is 2.34. The van der Waals surface area contributed by atoms with Crippen LogP contribution in [0.1, 0.15) is 21.9 Å². The molecular weight excluding hydrogens is 298 g/mol. The molecule has 0 atom stereocenters. The van der Waals surface area contributed by atoms with Crippen molar-refractivity contribution in [2.75, 3.05) is 26.6 Å². The third-order valence-electron chi connectivity index (χ3n) is 3.27. The molecule has 1 aromatic carbocycles. The van der Waals surface area contributed by atoms with E-state index in [1.807, 2.05) is 0 Å². The van der Waals surface area contributed by atoms with Crippen molar-refractivity contribution < 1.29 is 19.0 Å². The third-order valence-corrected chi connectivity index (χ3v) is 3.27. The average molecular weight is 317 g/mol. The number of nitrogens with zero attached hydrogens (tertiary/aromatic N) is 2. The summed E-state index contributed by atoms with van der Waals surface area (Å²) in [5.41, 5.74) is 1.54. The van der Waals surface area contributed by atoms with Crippen molar-refractivity contribution in [3.63, 3.8) is 0 Å². The Morgan fingerprint density at radius 2 is 1.65 bits per heavy atom. The van der Waals surface area contributed by atoms with Gasteiger partial charge in [-0.2, -0.15) is 0 Å². The first-order valence-corrected chi connectivity index (χ1v) is 6.91. The van der Waals surface area contributed by atoms with Crippen LogP contribution >= 0.6 is 0 Å². The molecular formula is C16H19N3O4. The molecule has 0 saturated heterocycles. The number of carbonyl (C=O) groups excluding carboxylic acids is 1. The summed E-state index contributed by atoms with van der Waals surface area (Å²) in [4.78, 5) is 20.6. The van der Waals surface area contributed by atoms with Gasteiger partial charge in [0, 0.05) is 24.0 Å². The second-order valence-corrected chi connectivity index (χ2v) is 4.78. The monoisotopic (exact) mass is 317 g/mol. The van der Waals surface area contributed by atoms with Crippen molar-refractivity contribution >= 4 is 11.6 Å². The van der Waals surface area contributed by atoms with E-state index in [1.54, 1.807) is 26.0 Å². The van der Waals surface area contributed by atoms with Gasteiger partial charge in [-0.3, -0.25) is 4.79 Å². The number of hydrogen-bond acceptors (Lipinski definition) is 6. The molecule has 0 radical (unpaired) electrons. The highest BCUT2D eigenvalue weighted by Crippen LogP contribution is 2.40. The van der Waals surface area contributed by atoms with Gasteiger partial charge in [0.25, 0.3) is 5.91 Å². The first kappa shape index (κ1) is 16.5. The number of benzene rings is 1. The van der Waals surface area contributed by atoms with Gasteiger partial charge < -0.3 is 19.5 Å². The molecule has 7 nitrogen and oxygen atoms in total. The van der Waals surface area contributed by atoms with E-state index < -0.39 is 0 Å². The fraction of sp³-hybridized carbons (Fsp3) is 0.312. The molecule has 0 aliphatic heterocycles. The van der Waals surface area contributed by atoms with Crippen LogP contribution in [0.4, 0.5) is 5.69 Å². The number of amides is 1. The molecule has 1 heterocycles. The van der Waals surface area contributed by atoms with Crippen LogP contribution in [0, 0.1) is 13.8 Å². The zero-order chi connectivity index (χ0) is 17.0. The molecule has 2 aromatic rings. The standard InChI is InChI=1S/C16H19N3O4/c1-9-12(8-17-10(2)18-9)16(20)19-11-6-13(21-3)15(23-5)14(7-11)22-4/h6-8H,1-5H3,(H,19,20). The summed E-state index contributed by atoms with van der Waals surface area (Å²) in [6.07, 6.45) is 1.50. The lowest BCUT2D eigenvalue weighted by atomic mass is 10.2. The van der Waals surface area contributed by atoms with Crippen molar-refractivity contribution in [1.82, 2.24) is 9.97 Å². The highest BCUT2D eigenvalue weighted by molar-refractivity contribution is 6.05. The summed E-state index contributed by atoms with van der Waals surface area (Å²) < 4.78 is 15.8. The second-order valence-electron chi connectivity index (χ2n) is 4.78. The van der Waals surface area contributed by atoms with Gasteiger partial charge in [-0.1, -0.05) is 0 Å². The molecule has 1 aromatic heterocycles. The third kappa shape index (κ3) is 3.50. The Morgan fingerprint density at radius 3 is 2.13 bits per heavy atom. The minimum Gasteiger partial charge on any atom is -0.493 e. The van der Waals surface area contributed by atoms with Gasteiger partial charge in [-0.05, 0) is 13.8 Å². The highest BCUT2D eigenvalue weighted by atomic mass is 16.5. The Bertz CT molecular complexity index is 706. The van der Waals surface area contributed by atoms with E-state index in [9.17, 15) is 4.79 Å². The fourth-order valence-electron chi connectivity index (χ4n) is 2.16. The number of aromatic nitrogens is 2. The number of rotatable bonds is 5. The molecule has 0 aliphatic carbocycles. The molecule has 1 amide bonds. The number of ether oxygens (including phenoxy) is 3. The van der Waals surface area contributed by atoms with Crippen LogP contribution in [0.5, 0.6) is 17.2 Å². The molecule has 0 aliphatic rings. The zero-order valence-electron chi connectivity index (χ0n) is 13.8. The van der Waals surface area contributed by atoms with Crippen LogP contribution in [0.25, 0.3) is 0 Å².